The molecule has 0 saturated carbocycles. The molecule has 2 aromatic rings. The summed E-state index contributed by atoms with van der Waals surface area (Å²) in [5, 5.41) is 16.1. The van der Waals surface area contributed by atoms with E-state index in [1.165, 1.54) is 12.1 Å². The number of benzene rings is 1. The van der Waals surface area contributed by atoms with E-state index in [2.05, 4.69) is 5.10 Å². The number of hydrogen-bond acceptors (Lipinski definition) is 6. The van der Waals surface area contributed by atoms with Gasteiger partial charge in [-0.1, -0.05) is 26.3 Å². The van der Waals surface area contributed by atoms with Crippen LogP contribution in [0.4, 0.5) is 5.69 Å². The number of nitro groups is 1. The fourth-order valence-corrected chi connectivity index (χ4v) is 3.71. The predicted octanol–water partition coefficient (Wildman–Crippen LogP) is 5.81. The molecule has 0 spiro atoms. The van der Waals surface area contributed by atoms with E-state index in [1.54, 1.807) is 18.5 Å². The lowest BCUT2D eigenvalue weighted by Crippen LogP contribution is -2.16. The molecule has 8 nitrogen and oxygen atoms in total. The topological polar surface area (TPSA) is 104 Å². The molecule has 0 aliphatic carbocycles. The zero-order valence-electron chi connectivity index (χ0n) is 20.7. The molecule has 8 heteroatoms. The van der Waals surface area contributed by atoms with Crippen LogP contribution in [-0.4, -0.2) is 26.5 Å². The Morgan fingerprint density at radius 1 is 1.15 bits per heavy atom. The number of esters is 1. The minimum atomic E-state index is -0.438. The summed E-state index contributed by atoms with van der Waals surface area (Å²) in [6.45, 7) is 15.3. The number of nitro benzene ring substituents is 1. The maximum Gasteiger partial charge on any atom is 0.312 e. The molecule has 0 fully saturated rings. The number of hydrogen-bond donors (Lipinski definition) is 0. The van der Waals surface area contributed by atoms with E-state index in [-0.39, 0.29) is 35.3 Å². The first-order valence-electron chi connectivity index (χ1n) is 11.2. The number of aryl methyl sites for hydroxylation is 1. The Morgan fingerprint density at radius 3 is 2.30 bits per heavy atom. The molecule has 0 N–H and O–H groups in total. The second-order valence-corrected chi connectivity index (χ2v) is 8.91. The lowest BCUT2D eigenvalue weighted by Gasteiger charge is -2.14. The summed E-state index contributed by atoms with van der Waals surface area (Å²) in [6.07, 6.45) is 0.840. The third-order valence-electron chi connectivity index (χ3n) is 5.52. The van der Waals surface area contributed by atoms with Crippen molar-refractivity contribution >= 4 is 23.0 Å². The Hall–Kier alpha value is -3.29. The van der Waals surface area contributed by atoms with Gasteiger partial charge in [-0.2, -0.15) is 5.10 Å². The summed E-state index contributed by atoms with van der Waals surface area (Å²) in [6, 6.07) is 2.83. The zero-order valence-corrected chi connectivity index (χ0v) is 20.7. The van der Waals surface area contributed by atoms with Crippen molar-refractivity contribution in [2.45, 2.75) is 74.8 Å². The van der Waals surface area contributed by atoms with Crippen molar-refractivity contribution in [1.82, 2.24) is 9.78 Å². The minimum absolute atomic E-state index is 0.0513. The summed E-state index contributed by atoms with van der Waals surface area (Å²) in [4.78, 5) is 37.3. The number of ether oxygens (including phenoxy) is 1. The summed E-state index contributed by atoms with van der Waals surface area (Å²) < 4.78 is 7.18. The van der Waals surface area contributed by atoms with Crippen LogP contribution in [0.25, 0.3) is 5.57 Å². The molecule has 1 heterocycles. The molecule has 0 atom stereocenters. The van der Waals surface area contributed by atoms with E-state index in [4.69, 9.17) is 4.74 Å². The van der Waals surface area contributed by atoms with Crippen molar-refractivity contribution in [3.05, 3.63) is 55.8 Å². The summed E-state index contributed by atoms with van der Waals surface area (Å²) in [7, 11) is 0. The van der Waals surface area contributed by atoms with Gasteiger partial charge >= 0.3 is 5.97 Å². The standard InChI is InChI=1S/C25H33N3O5/c1-9-10-21(29)33-25-23(18(8)26-27(25)13-14(2)3)24(30)19-11-12-20(28(31)32)22(17(19)7)16(6)15(4)5/h11-12,14H,9-10,13H2,1-8H3. The molecule has 0 unspecified atom stereocenters. The van der Waals surface area contributed by atoms with Crippen molar-refractivity contribution in [3.8, 4) is 5.88 Å². The smallest absolute Gasteiger partial charge is 0.312 e. The maximum absolute atomic E-state index is 13.7. The monoisotopic (exact) mass is 455 g/mol. The van der Waals surface area contributed by atoms with Gasteiger partial charge in [-0.15, -0.1) is 0 Å². The molecule has 2 rings (SSSR count). The van der Waals surface area contributed by atoms with Gasteiger partial charge in [0.1, 0.15) is 5.56 Å². The second kappa shape index (κ2) is 10.6. The molecule has 0 aliphatic rings. The van der Waals surface area contributed by atoms with Gasteiger partial charge < -0.3 is 4.74 Å². The van der Waals surface area contributed by atoms with Gasteiger partial charge in [0.05, 0.1) is 16.2 Å². The van der Waals surface area contributed by atoms with Gasteiger partial charge in [0.2, 0.25) is 11.7 Å². The fourth-order valence-electron chi connectivity index (χ4n) is 3.71. The first-order chi connectivity index (χ1) is 15.4. The Kier molecular flexibility index (Phi) is 8.30. The highest BCUT2D eigenvalue weighted by atomic mass is 16.6. The van der Waals surface area contributed by atoms with Gasteiger partial charge in [-0.25, -0.2) is 4.68 Å². The SMILES string of the molecule is CCCC(=O)Oc1c(C(=O)c2ccc([N+](=O)[O-])c(C(C)=C(C)C)c2C)c(C)nn1CC(C)C. The average Bonchev–Trinajstić information content (AvgIpc) is 3.00. The van der Waals surface area contributed by atoms with Gasteiger partial charge in [-0.05, 0) is 64.2 Å². The van der Waals surface area contributed by atoms with Gasteiger partial charge in [0.15, 0.2) is 0 Å². The van der Waals surface area contributed by atoms with Crippen LogP contribution >= 0.6 is 0 Å². The van der Waals surface area contributed by atoms with Crippen LogP contribution in [0.1, 0.15) is 87.1 Å². The summed E-state index contributed by atoms with van der Waals surface area (Å²) in [5.41, 5.74) is 3.52. The fraction of sp³-hybridized carbons (Fsp3) is 0.480. The average molecular weight is 456 g/mol. The Labute approximate surface area is 194 Å². The minimum Gasteiger partial charge on any atom is -0.407 e. The second-order valence-electron chi connectivity index (χ2n) is 8.91. The highest BCUT2D eigenvalue weighted by Crippen LogP contribution is 2.35. The molecule has 0 aliphatic heterocycles. The third kappa shape index (κ3) is 5.56. The Balaban J connectivity index is 2.74. The third-order valence-corrected chi connectivity index (χ3v) is 5.52. The van der Waals surface area contributed by atoms with E-state index >= 15 is 0 Å². The number of aromatic nitrogens is 2. The van der Waals surface area contributed by atoms with Gasteiger partial charge in [-0.3, -0.25) is 19.7 Å². The molecule has 0 bridgehead atoms. The molecule has 0 radical (unpaired) electrons. The first kappa shape index (κ1) is 26.0. The Morgan fingerprint density at radius 2 is 1.79 bits per heavy atom. The van der Waals surface area contributed by atoms with Crippen molar-refractivity contribution in [2.75, 3.05) is 0 Å². The molecular formula is C25H33N3O5. The quantitative estimate of drug-likeness (QED) is 0.204. The lowest BCUT2D eigenvalue weighted by atomic mass is 9.90. The van der Waals surface area contributed by atoms with Crippen LogP contribution in [0.3, 0.4) is 0 Å². The van der Waals surface area contributed by atoms with Crippen molar-refractivity contribution < 1.29 is 19.2 Å². The zero-order chi connectivity index (χ0) is 25.0. The van der Waals surface area contributed by atoms with Crippen LogP contribution in [0.15, 0.2) is 17.7 Å². The Bertz CT molecular complexity index is 1120. The van der Waals surface area contributed by atoms with Crippen LogP contribution in [0, 0.1) is 29.9 Å². The summed E-state index contributed by atoms with van der Waals surface area (Å²) in [5.74, 6) is -0.471. The number of carbonyl (C=O) groups excluding carboxylic acids is 2. The predicted molar refractivity (Wildman–Crippen MR) is 128 cm³/mol. The molecule has 178 valence electrons. The van der Waals surface area contributed by atoms with Gasteiger partial charge in [0.25, 0.3) is 5.69 Å². The van der Waals surface area contributed by atoms with E-state index in [1.807, 2.05) is 41.5 Å². The van der Waals surface area contributed by atoms with E-state index in [0.29, 0.717) is 35.3 Å². The van der Waals surface area contributed by atoms with Crippen LogP contribution in [-0.2, 0) is 11.3 Å². The van der Waals surface area contributed by atoms with Crippen LogP contribution in [0.5, 0.6) is 5.88 Å². The van der Waals surface area contributed by atoms with Crippen molar-refractivity contribution in [2.24, 2.45) is 5.92 Å². The van der Waals surface area contributed by atoms with Gasteiger partial charge in [0, 0.05) is 24.6 Å². The molecule has 1 aromatic heterocycles. The number of rotatable bonds is 9. The summed E-state index contributed by atoms with van der Waals surface area (Å²) >= 11 is 0. The number of carbonyl (C=O) groups is 2. The number of nitrogens with zero attached hydrogens (tertiary/aromatic N) is 3. The largest absolute Gasteiger partial charge is 0.407 e. The maximum atomic E-state index is 13.7. The molecule has 0 saturated heterocycles. The highest BCUT2D eigenvalue weighted by molar-refractivity contribution is 6.13. The molecule has 1 aromatic carbocycles. The highest BCUT2D eigenvalue weighted by Gasteiger charge is 2.30. The normalized spacial score (nSPS) is 10.9. The van der Waals surface area contributed by atoms with Crippen LogP contribution in [0.2, 0.25) is 0 Å². The number of allylic oxidation sites excluding steroid dienone is 2. The lowest BCUT2D eigenvalue weighted by molar-refractivity contribution is -0.385. The van der Waals surface area contributed by atoms with E-state index in [0.717, 1.165) is 11.1 Å². The van der Waals surface area contributed by atoms with Crippen molar-refractivity contribution in [1.29, 1.82) is 0 Å². The van der Waals surface area contributed by atoms with Crippen LogP contribution < -0.4 is 4.74 Å². The molecule has 33 heavy (non-hydrogen) atoms. The van der Waals surface area contributed by atoms with E-state index in [9.17, 15) is 19.7 Å². The van der Waals surface area contributed by atoms with E-state index < -0.39 is 10.9 Å². The van der Waals surface area contributed by atoms with Crippen molar-refractivity contribution in [3.63, 3.8) is 0 Å². The molecular weight excluding hydrogens is 422 g/mol. The number of ketones is 1. The molecule has 0 amide bonds. The first-order valence-corrected chi connectivity index (χ1v) is 11.2.